The fraction of sp³-hybridized carbons (Fsp3) is 0.533. The molecule has 0 saturated heterocycles. The molecule has 0 spiro atoms. The Labute approximate surface area is 135 Å². The third-order valence-electron chi connectivity index (χ3n) is 3.99. The van der Waals surface area contributed by atoms with Crippen molar-refractivity contribution in [1.82, 2.24) is 4.90 Å². The van der Waals surface area contributed by atoms with Crippen molar-refractivity contribution in [2.45, 2.75) is 31.7 Å². The van der Waals surface area contributed by atoms with Gasteiger partial charge in [-0.05, 0) is 43.4 Å². The fourth-order valence-corrected chi connectivity index (χ4v) is 2.73. The van der Waals surface area contributed by atoms with Crippen molar-refractivity contribution in [3.8, 4) is 0 Å². The lowest BCUT2D eigenvalue weighted by Gasteiger charge is -2.34. The molecule has 2 rings (SSSR count). The minimum Gasteiger partial charge on any atom is -0.344 e. The first-order valence-electron chi connectivity index (χ1n) is 6.71. The minimum atomic E-state index is -0.959. The largest absolute Gasteiger partial charge is 0.344 e. The number of rotatable bonds is 4. The number of hydrogen-bond acceptors (Lipinski definition) is 2. The monoisotopic (exact) mass is 360 g/mol. The van der Waals surface area contributed by atoms with E-state index in [0.29, 0.717) is 5.92 Å². The van der Waals surface area contributed by atoms with Gasteiger partial charge in [0.1, 0.15) is 5.54 Å². The second kappa shape index (κ2) is 6.92. The van der Waals surface area contributed by atoms with Crippen LogP contribution in [0.15, 0.2) is 28.7 Å². The van der Waals surface area contributed by atoms with E-state index in [1.807, 2.05) is 31.3 Å². The Kier molecular flexibility index (Phi) is 6.05. The van der Waals surface area contributed by atoms with Gasteiger partial charge in [-0.25, -0.2) is 0 Å². The highest BCUT2D eigenvalue weighted by atomic mass is 79.9. The predicted molar refractivity (Wildman–Crippen MR) is 87.9 cm³/mol. The highest BCUT2D eigenvalue weighted by Crippen LogP contribution is 2.28. The molecule has 0 bridgehead atoms. The van der Waals surface area contributed by atoms with E-state index in [4.69, 9.17) is 5.73 Å². The third kappa shape index (κ3) is 3.74. The summed E-state index contributed by atoms with van der Waals surface area (Å²) in [5.41, 5.74) is 6.15. The van der Waals surface area contributed by atoms with Crippen LogP contribution in [0.4, 0.5) is 0 Å². The van der Waals surface area contributed by atoms with E-state index in [9.17, 15) is 4.79 Å². The molecule has 1 aromatic rings. The van der Waals surface area contributed by atoms with Crippen LogP contribution in [0.5, 0.6) is 0 Å². The summed E-state index contributed by atoms with van der Waals surface area (Å²) in [5, 5.41) is 0. The first kappa shape index (κ1) is 17.5. The van der Waals surface area contributed by atoms with Crippen LogP contribution in [0.2, 0.25) is 0 Å². The average molecular weight is 362 g/mol. The molecule has 112 valence electrons. The zero-order valence-electron chi connectivity index (χ0n) is 11.9. The molecule has 1 fully saturated rings. The van der Waals surface area contributed by atoms with Gasteiger partial charge in [0.05, 0.1) is 0 Å². The molecule has 1 saturated carbocycles. The molecular weight excluding hydrogens is 340 g/mol. The first-order chi connectivity index (χ1) is 8.91. The van der Waals surface area contributed by atoms with Gasteiger partial charge in [0.15, 0.2) is 0 Å². The number of nitrogens with zero attached hydrogens (tertiary/aromatic N) is 1. The Morgan fingerprint density at radius 2 is 1.95 bits per heavy atom. The maximum absolute atomic E-state index is 12.5. The molecule has 1 atom stereocenters. The first-order valence-corrected chi connectivity index (χ1v) is 7.51. The van der Waals surface area contributed by atoms with Gasteiger partial charge in [0.25, 0.3) is 0 Å². The molecule has 1 aliphatic carbocycles. The van der Waals surface area contributed by atoms with E-state index in [2.05, 4.69) is 15.9 Å². The maximum Gasteiger partial charge on any atom is 0.246 e. The number of carbonyl (C=O) groups is 1. The highest BCUT2D eigenvalue weighted by molar-refractivity contribution is 9.10. The summed E-state index contributed by atoms with van der Waals surface area (Å²) >= 11 is 3.39. The zero-order chi connectivity index (χ0) is 14.0. The number of hydrogen-bond donors (Lipinski definition) is 1. The molecule has 1 aromatic carbocycles. The van der Waals surface area contributed by atoms with Crippen molar-refractivity contribution in [1.29, 1.82) is 0 Å². The van der Waals surface area contributed by atoms with E-state index in [1.165, 1.54) is 19.3 Å². The number of amides is 1. The Morgan fingerprint density at radius 1 is 1.40 bits per heavy atom. The standard InChI is InChI=1S/C15H21BrN2O.ClH/c1-15(17,12-6-8-13(16)9-7-12)14(19)18(2)10-11-4-3-5-11;/h6-9,11H,3-5,10,17H2,1-2H3;1H. The lowest BCUT2D eigenvalue weighted by atomic mass is 9.84. The van der Waals surface area contributed by atoms with Gasteiger partial charge in [-0.3, -0.25) is 4.79 Å². The smallest absolute Gasteiger partial charge is 0.246 e. The molecule has 20 heavy (non-hydrogen) atoms. The van der Waals surface area contributed by atoms with Crippen LogP contribution >= 0.6 is 28.3 Å². The Morgan fingerprint density at radius 3 is 2.40 bits per heavy atom. The Balaban J connectivity index is 0.00000200. The minimum absolute atomic E-state index is 0. The summed E-state index contributed by atoms with van der Waals surface area (Å²) in [5.74, 6) is 0.649. The summed E-state index contributed by atoms with van der Waals surface area (Å²) in [7, 11) is 1.85. The molecule has 1 aliphatic rings. The number of benzene rings is 1. The van der Waals surface area contributed by atoms with Gasteiger partial charge in [-0.15, -0.1) is 12.4 Å². The van der Waals surface area contributed by atoms with Gasteiger partial charge >= 0.3 is 0 Å². The van der Waals surface area contributed by atoms with Gasteiger partial charge in [-0.2, -0.15) is 0 Å². The van der Waals surface area contributed by atoms with Crippen LogP contribution in [0, 0.1) is 5.92 Å². The molecule has 0 aliphatic heterocycles. The fourth-order valence-electron chi connectivity index (χ4n) is 2.46. The zero-order valence-corrected chi connectivity index (χ0v) is 14.3. The average Bonchev–Trinajstić information content (AvgIpc) is 2.33. The number of carbonyl (C=O) groups excluding carboxylic acids is 1. The summed E-state index contributed by atoms with van der Waals surface area (Å²) in [6.07, 6.45) is 3.76. The van der Waals surface area contributed by atoms with Crippen LogP contribution < -0.4 is 5.73 Å². The summed E-state index contributed by atoms with van der Waals surface area (Å²) in [6, 6.07) is 7.64. The highest BCUT2D eigenvalue weighted by Gasteiger charge is 2.34. The third-order valence-corrected chi connectivity index (χ3v) is 4.52. The summed E-state index contributed by atoms with van der Waals surface area (Å²) in [4.78, 5) is 14.3. The summed E-state index contributed by atoms with van der Waals surface area (Å²) in [6.45, 7) is 2.61. The number of halogens is 2. The molecule has 0 radical (unpaired) electrons. The molecule has 5 heteroatoms. The molecule has 0 aromatic heterocycles. The molecular formula is C15H22BrClN2O. The van der Waals surface area contributed by atoms with Crippen molar-refractivity contribution in [2.75, 3.05) is 13.6 Å². The molecule has 1 unspecified atom stereocenters. The van der Waals surface area contributed by atoms with Gasteiger partial charge < -0.3 is 10.6 Å². The van der Waals surface area contributed by atoms with E-state index >= 15 is 0 Å². The number of likely N-dealkylation sites (N-methyl/N-ethyl adjacent to an activating group) is 1. The normalized spacial score (nSPS) is 17.6. The van der Waals surface area contributed by atoms with E-state index in [-0.39, 0.29) is 18.3 Å². The quantitative estimate of drug-likeness (QED) is 0.894. The molecule has 0 heterocycles. The van der Waals surface area contributed by atoms with Crippen LogP contribution in [0.3, 0.4) is 0 Å². The van der Waals surface area contributed by atoms with Crippen molar-refractivity contribution in [3.63, 3.8) is 0 Å². The van der Waals surface area contributed by atoms with Gasteiger partial charge in [-0.1, -0.05) is 34.5 Å². The van der Waals surface area contributed by atoms with Crippen LogP contribution in [-0.4, -0.2) is 24.4 Å². The predicted octanol–water partition coefficient (Wildman–Crippen LogP) is 3.30. The number of nitrogens with two attached hydrogens (primary N) is 1. The van der Waals surface area contributed by atoms with E-state index in [1.54, 1.807) is 11.8 Å². The second-order valence-corrected chi connectivity index (χ2v) is 6.61. The molecule has 2 N–H and O–H groups in total. The SMILES string of the molecule is CN(CC1CCC1)C(=O)C(C)(N)c1ccc(Br)cc1.Cl. The maximum atomic E-state index is 12.5. The van der Waals surface area contributed by atoms with Crippen molar-refractivity contribution < 1.29 is 4.79 Å². The Hall–Kier alpha value is -0.580. The summed E-state index contributed by atoms with van der Waals surface area (Å²) < 4.78 is 0.988. The van der Waals surface area contributed by atoms with Crippen molar-refractivity contribution in [3.05, 3.63) is 34.3 Å². The topological polar surface area (TPSA) is 46.3 Å². The van der Waals surface area contributed by atoms with Gasteiger partial charge in [0, 0.05) is 18.1 Å². The van der Waals surface area contributed by atoms with Gasteiger partial charge in [0.2, 0.25) is 5.91 Å². The second-order valence-electron chi connectivity index (χ2n) is 5.69. The Bertz CT molecular complexity index is 457. The van der Waals surface area contributed by atoms with Crippen LogP contribution in [-0.2, 0) is 10.3 Å². The van der Waals surface area contributed by atoms with Crippen LogP contribution in [0.1, 0.15) is 31.7 Å². The lowest BCUT2D eigenvalue weighted by Crippen LogP contribution is -2.51. The lowest BCUT2D eigenvalue weighted by molar-refractivity contribution is -0.136. The molecule has 1 amide bonds. The molecule has 3 nitrogen and oxygen atoms in total. The van der Waals surface area contributed by atoms with E-state index in [0.717, 1.165) is 16.6 Å². The van der Waals surface area contributed by atoms with Crippen molar-refractivity contribution in [2.24, 2.45) is 11.7 Å². The van der Waals surface area contributed by atoms with E-state index < -0.39 is 5.54 Å². The van der Waals surface area contributed by atoms with Crippen molar-refractivity contribution >= 4 is 34.2 Å². The van der Waals surface area contributed by atoms with Crippen LogP contribution in [0.25, 0.3) is 0 Å².